The second-order valence-electron chi connectivity index (χ2n) is 6.88. The SMILES string of the molecule is C=CCN(CC=C)C(=O)C1CCCc2ccc3oc4ccccc4c3c21. The summed E-state index contributed by atoms with van der Waals surface area (Å²) in [6, 6.07) is 12.3. The van der Waals surface area contributed by atoms with E-state index in [1.54, 1.807) is 12.2 Å². The Morgan fingerprint density at radius 1 is 1.12 bits per heavy atom. The van der Waals surface area contributed by atoms with Gasteiger partial charge in [0.05, 0.1) is 5.92 Å². The zero-order valence-corrected chi connectivity index (χ0v) is 14.9. The molecular weight excluding hydrogens is 322 g/mol. The zero-order valence-electron chi connectivity index (χ0n) is 14.9. The highest BCUT2D eigenvalue weighted by Crippen LogP contribution is 2.42. The van der Waals surface area contributed by atoms with Gasteiger partial charge in [-0.1, -0.05) is 36.4 Å². The highest BCUT2D eigenvalue weighted by atomic mass is 16.3. The minimum absolute atomic E-state index is 0.136. The van der Waals surface area contributed by atoms with E-state index in [2.05, 4.69) is 25.3 Å². The number of carbonyl (C=O) groups is 1. The van der Waals surface area contributed by atoms with Gasteiger partial charge < -0.3 is 9.32 Å². The lowest BCUT2D eigenvalue weighted by molar-refractivity contribution is -0.132. The summed E-state index contributed by atoms with van der Waals surface area (Å²) in [7, 11) is 0. The molecule has 0 saturated heterocycles. The van der Waals surface area contributed by atoms with Crippen molar-refractivity contribution in [2.45, 2.75) is 25.2 Å². The van der Waals surface area contributed by atoms with Crippen LogP contribution >= 0.6 is 0 Å². The summed E-state index contributed by atoms with van der Waals surface area (Å²) in [5.74, 6) is 0.0203. The fraction of sp³-hybridized carbons (Fsp3) is 0.261. The maximum absolute atomic E-state index is 13.3. The van der Waals surface area contributed by atoms with Crippen molar-refractivity contribution >= 4 is 27.8 Å². The van der Waals surface area contributed by atoms with Gasteiger partial charge in [0.2, 0.25) is 5.91 Å². The van der Waals surface area contributed by atoms with Crippen molar-refractivity contribution in [1.82, 2.24) is 4.90 Å². The van der Waals surface area contributed by atoms with Gasteiger partial charge >= 0.3 is 0 Å². The molecule has 132 valence electrons. The number of hydrogen-bond donors (Lipinski definition) is 0. The lowest BCUT2D eigenvalue weighted by Crippen LogP contribution is -2.36. The van der Waals surface area contributed by atoms with Crippen LogP contribution in [0, 0.1) is 0 Å². The van der Waals surface area contributed by atoms with Gasteiger partial charge in [-0.15, -0.1) is 13.2 Å². The Morgan fingerprint density at radius 2 is 1.88 bits per heavy atom. The molecule has 3 heteroatoms. The smallest absolute Gasteiger partial charge is 0.230 e. The van der Waals surface area contributed by atoms with Gasteiger partial charge in [-0.3, -0.25) is 4.79 Å². The first-order valence-electron chi connectivity index (χ1n) is 9.18. The molecule has 0 aliphatic heterocycles. The largest absolute Gasteiger partial charge is 0.456 e. The maximum atomic E-state index is 13.3. The summed E-state index contributed by atoms with van der Waals surface area (Å²) in [5, 5.41) is 2.20. The molecule has 4 rings (SSSR count). The fourth-order valence-electron chi connectivity index (χ4n) is 4.18. The van der Waals surface area contributed by atoms with Crippen molar-refractivity contribution in [3.63, 3.8) is 0 Å². The van der Waals surface area contributed by atoms with Crippen molar-refractivity contribution in [3.8, 4) is 0 Å². The van der Waals surface area contributed by atoms with E-state index >= 15 is 0 Å². The summed E-state index contributed by atoms with van der Waals surface area (Å²) in [6.45, 7) is 8.67. The summed E-state index contributed by atoms with van der Waals surface area (Å²) >= 11 is 0. The lowest BCUT2D eigenvalue weighted by atomic mass is 9.79. The normalized spacial score (nSPS) is 16.4. The van der Waals surface area contributed by atoms with Gasteiger partial charge in [0.25, 0.3) is 0 Å². The van der Waals surface area contributed by atoms with Gasteiger partial charge in [-0.05, 0) is 42.5 Å². The van der Waals surface area contributed by atoms with Crippen LogP contribution in [-0.4, -0.2) is 23.9 Å². The number of nitrogens with zero attached hydrogens (tertiary/aromatic N) is 1. The second-order valence-corrected chi connectivity index (χ2v) is 6.88. The Morgan fingerprint density at radius 3 is 2.65 bits per heavy atom. The molecule has 1 atom stereocenters. The number of para-hydroxylation sites is 1. The molecule has 0 spiro atoms. The quantitative estimate of drug-likeness (QED) is 0.595. The number of benzene rings is 2. The molecule has 1 aromatic heterocycles. The molecule has 1 heterocycles. The molecule has 0 N–H and O–H groups in total. The average molecular weight is 345 g/mol. The van der Waals surface area contributed by atoms with E-state index < -0.39 is 0 Å². The van der Waals surface area contributed by atoms with Crippen LogP contribution in [0.4, 0.5) is 0 Å². The molecule has 1 unspecified atom stereocenters. The van der Waals surface area contributed by atoms with Gasteiger partial charge in [-0.2, -0.15) is 0 Å². The first kappa shape index (κ1) is 16.6. The minimum atomic E-state index is -0.136. The molecule has 3 aromatic rings. The van der Waals surface area contributed by atoms with Crippen molar-refractivity contribution in [2.75, 3.05) is 13.1 Å². The first-order valence-corrected chi connectivity index (χ1v) is 9.18. The number of rotatable bonds is 5. The van der Waals surface area contributed by atoms with Gasteiger partial charge in [-0.25, -0.2) is 0 Å². The summed E-state index contributed by atoms with van der Waals surface area (Å²) in [6.07, 6.45) is 6.46. The third-order valence-corrected chi connectivity index (χ3v) is 5.27. The van der Waals surface area contributed by atoms with Crippen LogP contribution in [0.25, 0.3) is 21.9 Å². The minimum Gasteiger partial charge on any atom is -0.456 e. The van der Waals surface area contributed by atoms with Gasteiger partial charge in [0.1, 0.15) is 11.2 Å². The third kappa shape index (κ3) is 2.64. The highest BCUT2D eigenvalue weighted by molar-refractivity contribution is 6.09. The van der Waals surface area contributed by atoms with Crippen LogP contribution in [0.15, 0.2) is 66.1 Å². The van der Waals surface area contributed by atoms with E-state index in [0.29, 0.717) is 13.1 Å². The molecular formula is C23H23NO2. The summed E-state index contributed by atoms with van der Waals surface area (Å²) in [4.78, 5) is 15.2. The van der Waals surface area contributed by atoms with Crippen molar-refractivity contribution < 1.29 is 9.21 Å². The molecule has 26 heavy (non-hydrogen) atoms. The molecule has 1 aliphatic carbocycles. The van der Waals surface area contributed by atoms with E-state index in [1.807, 2.05) is 29.2 Å². The number of hydrogen-bond acceptors (Lipinski definition) is 2. The number of furan rings is 1. The van der Waals surface area contributed by atoms with Crippen LogP contribution in [0.5, 0.6) is 0 Å². The molecule has 0 radical (unpaired) electrons. The fourth-order valence-corrected chi connectivity index (χ4v) is 4.18. The summed E-state index contributed by atoms with van der Waals surface area (Å²) in [5.41, 5.74) is 4.16. The van der Waals surface area contributed by atoms with E-state index in [0.717, 1.165) is 46.8 Å². The molecule has 1 amide bonds. The highest BCUT2D eigenvalue weighted by Gasteiger charge is 2.32. The number of amides is 1. The molecule has 0 fully saturated rings. The van der Waals surface area contributed by atoms with Gasteiger partial charge in [0.15, 0.2) is 0 Å². The predicted molar refractivity (Wildman–Crippen MR) is 106 cm³/mol. The number of fused-ring (bicyclic) bond motifs is 5. The van der Waals surface area contributed by atoms with E-state index in [4.69, 9.17) is 4.42 Å². The average Bonchev–Trinajstić information content (AvgIpc) is 3.05. The Kier molecular flexibility index (Phi) is 4.37. The van der Waals surface area contributed by atoms with Crippen LogP contribution in [-0.2, 0) is 11.2 Å². The summed E-state index contributed by atoms with van der Waals surface area (Å²) < 4.78 is 6.04. The molecule has 0 saturated carbocycles. The van der Waals surface area contributed by atoms with E-state index in [9.17, 15) is 4.79 Å². The number of aryl methyl sites for hydroxylation is 1. The van der Waals surface area contributed by atoms with Crippen LogP contribution < -0.4 is 0 Å². The Hall–Kier alpha value is -2.81. The van der Waals surface area contributed by atoms with Crippen molar-refractivity contribution in [2.24, 2.45) is 0 Å². The Labute approximate surface area is 153 Å². The lowest BCUT2D eigenvalue weighted by Gasteiger charge is -2.30. The van der Waals surface area contributed by atoms with Crippen LogP contribution in [0.3, 0.4) is 0 Å². The van der Waals surface area contributed by atoms with Crippen LogP contribution in [0.1, 0.15) is 29.9 Å². The van der Waals surface area contributed by atoms with Crippen molar-refractivity contribution in [1.29, 1.82) is 0 Å². The number of carbonyl (C=O) groups excluding carboxylic acids is 1. The predicted octanol–water partition coefficient (Wildman–Crippen LogP) is 5.21. The van der Waals surface area contributed by atoms with E-state index in [1.165, 1.54) is 5.56 Å². The molecule has 1 aliphatic rings. The molecule has 3 nitrogen and oxygen atoms in total. The van der Waals surface area contributed by atoms with E-state index in [-0.39, 0.29) is 11.8 Å². The van der Waals surface area contributed by atoms with Gasteiger partial charge in [0, 0.05) is 23.9 Å². The van der Waals surface area contributed by atoms with Crippen molar-refractivity contribution in [3.05, 3.63) is 72.8 Å². The monoisotopic (exact) mass is 345 g/mol. The molecule has 2 aromatic carbocycles. The Balaban J connectivity index is 1.90. The topological polar surface area (TPSA) is 33.5 Å². The molecule has 0 bridgehead atoms. The third-order valence-electron chi connectivity index (χ3n) is 5.27. The second kappa shape index (κ2) is 6.83. The standard InChI is InChI=1S/C23H23NO2/c1-3-14-24(15-4-2)23(25)18-10-7-8-16-12-13-20-22(21(16)18)17-9-5-6-11-19(17)26-20/h3-6,9,11-13,18H,1-2,7-8,10,14-15H2. The zero-order chi connectivity index (χ0) is 18.1. The van der Waals surface area contributed by atoms with Crippen LogP contribution in [0.2, 0.25) is 0 Å². The Bertz CT molecular complexity index is 988. The first-order chi connectivity index (χ1) is 12.7. The maximum Gasteiger partial charge on any atom is 0.230 e.